The van der Waals surface area contributed by atoms with Gasteiger partial charge in [-0.25, -0.2) is 8.42 Å². The van der Waals surface area contributed by atoms with E-state index >= 15 is 0 Å². The number of hydrogen-bond acceptors (Lipinski definition) is 2. The molecule has 0 aliphatic heterocycles. The summed E-state index contributed by atoms with van der Waals surface area (Å²) < 4.78 is 26.5. The molecule has 0 radical (unpaired) electrons. The highest BCUT2D eigenvalue weighted by molar-refractivity contribution is 7.95. The summed E-state index contributed by atoms with van der Waals surface area (Å²) in [4.78, 5) is 0.770. The Morgan fingerprint density at radius 3 is 2.25 bits per heavy atom. The summed E-state index contributed by atoms with van der Waals surface area (Å²) in [6.07, 6.45) is 17.9. The number of aryl methyl sites for hydroxylation is 1. The molecular formula is C21H18O2S. The maximum atomic E-state index is 13.2. The second-order valence-electron chi connectivity index (χ2n) is 6.32. The van der Waals surface area contributed by atoms with Crippen molar-refractivity contribution in [3.8, 4) is 0 Å². The fraction of sp³-hybridized carbons (Fsp3) is 0.143. The van der Waals surface area contributed by atoms with Gasteiger partial charge in [0, 0.05) is 11.8 Å². The molecule has 4 rings (SSSR count). The van der Waals surface area contributed by atoms with Gasteiger partial charge in [-0.3, -0.25) is 0 Å². The van der Waals surface area contributed by atoms with Crippen molar-refractivity contribution in [3.05, 3.63) is 101 Å². The molecule has 3 aliphatic rings. The average molecular weight is 334 g/mol. The minimum Gasteiger partial charge on any atom is -0.219 e. The van der Waals surface area contributed by atoms with E-state index in [4.69, 9.17) is 0 Å². The number of fused-ring (bicyclic) bond motifs is 3. The summed E-state index contributed by atoms with van der Waals surface area (Å²) in [5.41, 5.74) is 2.98. The summed E-state index contributed by atoms with van der Waals surface area (Å²) in [6.45, 7) is 1.95. The van der Waals surface area contributed by atoms with Crippen LogP contribution in [0.25, 0.3) is 0 Å². The van der Waals surface area contributed by atoms with Gasteiger partial charge in [0.25, 0.3) is 0 Å². The minimum absolute atomic E-state index is 0.0754. The van der Waals surface area contributed by atoms with Crippen molar-refractivity contribution in [2.24, 2.45) is 11.8 Å². The molecule has 3 aliphatic carbocycles. The quantitative estimate of drug-likeness (QED) is 0.801. The van der Waals surface area contributed by atoms with E-state index in [1.807, 2.05) is 61.6 Å². The Labute approximate surface area is 142 Å². The molecule has 3 heteroatoms. The number of hydrogen-bond donors (Lipinski definition) is 0. The SMILES string of the molecule is Cc1ccc(S(=O)(=O)C2=C3C=CC=CC3C3C=CC=CC3=C2)cc1. The molecule has 0 saturated carbocycles. The Hall–Kier alpha value is -2.39. The number of allylic oxidation sites excluding steroid dienone is 11. The van der Waals surface area contributed by atoms with Crippen molar-refractivity contribution >= 4 is 9.84 Å². The van der Waals surface area contributed by atoms with Gasteiger partial charge in [-0.15, -0.1) is 0 Å². The Balaban J connectivity index is 1.91. The third-order valence-corrected chi connectivity index (χ3v) is 6.58. The Morgan fingerprint density at radius 1 is 0.833 bits per heavy atom. The highest BCUT2D eigenvalue weighted by Gasteiger charge is 2.34. The van der Waals surface area contributed by atoms with Crippen molar-refractivity contribution in [1.82, 2.24) is 0 Å². The van der Waals surface area contributed by atoms with Crippen LogP contribution in [0.4, 0.5) is 0 Å². The Kier molecular flexibility index (Phi) is 3.54. The fourth-order valence-electron chi connectivity index (χ4n) is 3.47. The lowest BCUT2D eigenvalue weighted by Crippen LogP contribution is -2.24. The summed E-state index contributed by atoms with van der Waals surface area (Å²) >= 11 is 0. The van der Waals surface area contributed by atoms with Crippen LogP contribution in [-0.2, 0) is 9.84 Å². The van der Waals surface area contributed by atoms with Crippen LogP contribution >= 0.6 is 0 Å². The van der Waals surface area contributed by atoms with Crippen LogP contribution in [0.5, 0.6) is 0 Å². The molecule has 0 heterocycles. The topological polar surface area (TPSA) is 34.1 Å². The van der Waals surface area contributed by atoms with Crippen LogP contribution in [-0.4, -0.2) is 8.42 Å². The van der Waals surface area contributed by atoms with E-state index in [2.05, 4.69) is 12.2 Å². The third kappa shape index (κ3) is 2.36. The van der Waals surface area contributed by atoms with Gasteiger partial charge in [0.1, 0.15) is 0 Å². The molecule has 0 spiro atoms. The second kappa shape index (κ2) is 5.60. The summed E-state index contributed by atoms with van der Waals surface area (Å²) in [6, 6.07) is 7.07. The maximum Gasteiger partial charge on any atom is 0.206 e. The molecule has 0 amide bonds. The lowest BCUT2D eigenvalue weighted by atomic mass is 9.74. The standard InChI is InChI=1S/C21H18O2S/c1-15-10-12-17(13-11-15)24(22,23)21-14-16-6-2-3-7-18(16)19-8-4-5-9-20(19)21/h2-14,18-19H,1H3. The lowest BCUT2D eigenvalue weighted by molar-refractivity contribution is 0.591. The molecule has 0 aromatic heterocycles. The predicted octanol–water partition coefficient (Wildman–Crippen LogP) is 4.45. The Bertz CT molecular complexity index is 965. The molecule has 2 atom stereocenters. The van der Waals surface area contributed by atoms with Crippen LogP contribution in [0, 0.1) is 18.8 Å². The maximum absolute atomic E-state index is 13.2. The zero-order valence-corrected chi connectivity index (χ0v) is 14.2. The molecule has 120 valence electrons. The summed E-state index contributed by atoms with van der Waals surface area (Å²) in [5, 5.41) is 0. The van der Waals surface area contributed by atoms with Crippen molar-refractivity contribution in [3.63, 3.8) is 0 Å². The van der Waals surface area contributed by atoms with Gasteiger partial charge in [0.2, 0.25) is 9.84 Å². The van der Waals surface area contributed by atoms with E-state index in [9.17, 15) is 8.42 Å². The molecule has 2 unspecified atom stereocenters. The Morgan fingerprint density at radius 2 is 1.50 bits per heavy atom. The van der Waals surface area contributed by atoms with Gasteiger partial charge in [-0.1, -0.05) is 66.3 Å². The average Bonchev–Trinajstić information content (AvgIpc) is 2.61. The van der Waals surface area contributed by atoms with Gasteiger partial charge in [-0.05, 0) is 36.3 Å². The third-order valence-electron chi connectivity index (χ3n) is 4.76. The molecule has 0 saturated heterocycles. The van der Waals surface area contributed by atoms with Crippen LogP contribution in [0.3, 0.4) is 0 Å². The van der Waals surface area contributed by atoms with Crippen molar-refractivity contribution in [2.45, 2.75) is 11.8 Å². The van der Waals surface area contributed by atoms with Gasteiger partial charge in [0.15, 0.2) is 0 Å². The zero-order chi connectivity index (χ0) is 16.7. The first kappa shape index (κ1) is 15.2. The summed E-state index contributed by atoms with van der Waals surface area (Å²) in [7, 11) is -3.54. The number of rotatable bonds is 2. The fourth-order valence-corrected chi connectivity index (χ4v) is 5.03. The van der Waals surface area contributed by atoms with E-state index in [0.717, 1.165) is 16.7 Å². The molecule has 0 N–H and O–H groups in total. The van der Waals surface area contributed by atoms with Gasteiger partial charge in [0.05, 0.1) is 9.80 Å². The molecular weight excluding hydrogens is 316 g/mol. The molecule has 2 nitrogen and oxygen atoms in total. The van der Waals surface area contributed by atoms with Crippen molar-refractivity contribution < 1.29 is 8.42 Å². The minimum atomic E-state index is -3.54. The molecule has 24 heavy (non-hydrogen) atoms. The normalized spacial score (nSPS) is 24.6. The van der Waals surface area contributed by atoms with E-state index in [-0.39, 0.29) is 11.8 Å². The first-order chi connectivity index (χ1) is 11.6. The van der Waals surface area contributed by atoms with Crippen LogP contribution in [0.1, 0.15) is 5.56 Å². The molecule has 0 bridgehead atoms. The van der Waals surface area contributed by atoms with Gasteiger partial charge >= 0.3 is 0 Å². The van der Waals surface area contributed by atoms with E-state index in [1.165, 1.54) is 0 Å². The predicted molar refractivity (Wildman–Crippen MR) is 97.0 cm³/mol. The second-order valence-corrected chi connectivity index (χ2v) is 8.24. The van der Waals surface area contributed by atoms with Gasteiger partial charge < -0.3 is 0 Å². The number of sulfone groups is 1. The van der Waals surface area contributed by atoms with Crippen LogP contribution < -0.4 is 0 Å². The zero-order valence-electron chi connectivity index (χ0n) is 13.4. The number of benzene rings is 1. The highest BCUT2D eigenvalue weighted by atomic mass is 32.2. The van der Waals surface area contributed by atoms with Gasteiger partial charge in [-0.2, -0.15) is 0 Å². The van der Waals surface area contributed by atoms with E-state index < -0.39 is 9.84 Å². The lowest BCUT2D eigenvalue weighted by Gasteiger charge is -2.32. The molecule has 1 aromatic rings. The van der Waals surface area contributed by atoms with E-state index in [0.29, 0.717) is 9.80 Å². The smallest absolute Gasteiger partial charge is 0.206 e. The molecule has 0 fully saturated rings. The van der Waals surface area contributed by atoms with E-state index in [1.54, 1.807) is 12.1 Å². The van der Waals surface area contributed by atoms with Crippen LogP contribution in [0.2, 0.25) is 0 Å². The highest BCUT2D eigenvalue weighted by Crippen LogP contribution is 2.43. The molecule has 1 aromatic carbocycles. The largest absolute Gasteiger partial charge is 0.219 e. The first-order valence-electron chi connectivity index (χ1n) is 8.04. The van der Waals surface area contributed by atoms with Crippen LogP contribution in [0.15, 0.2) is 99.9 Å². The van der Waals surface area contributed by atoms with Crippen molar-refractivity contribution in [1.29, 1.82) is 0 Å². The monoisotopic (exact) mass is 334 g/mol. The van der Waals surface area contributed by atoms with Crippen molar-refractivity contribution in [2.75, 3.05) is 0 Å². The first-order valence-corrected chi connectivity index (χ1v) is 9.53. The summed E-state index contributed by atoms with van der Waals surface area (Å²) in [5.74, 6) is 0.287.